The molecule has 0 aromatic carbocycles. The highest BCUT2D eigenvalue weighted by Crippen LogP contribution is 2.08. The zero-order valence-electron chi connectivity index (χ0n) is 10.5. The van der Waals surface area contributed by atoms with E-state index in [1.807, 2.05) is 13.8 Å². The minimum absolute atomic E-state index is 0.168. The summed E-state index contributed by atoms with van der Waals surface area (Å²) in [5.41, 5.74) is -0.709. The lowest BCUT2D eigenvalue weighted by molar-refractivity contribution is -0.147. The average Bonchev–Trinajstić information content (AvgIpc) is 2.15. The Hall–Kier alpha value is -1.10. The number of nitrogens with zero attached hydrogens (tertiary/aromatic N) is 1. The van der Waals surface area contributed by atoms with Crippen molar-refractivity contribution in [2.75, 3.05) is 19.6 Å². The summed E-state index contributed by atoms with van der Waals surface area (Å²) < 4.78 is 0. The van der Waals surface area contributed by atoms with Crippen molar-refractivity contribution >= 4 is 11.9 Å². The zero-order chi connectivity index (χ0) is 12.8. The lowest BCUT2D eigenvalue weighted by Gasteiger charge is -2.31. The molecule has 0 aliphatic carbocycles. The summed E-state index contributed by atoms with van der Waals surface area (Å²) >= 11 is 0. The molecule has 0 atom stereocenters. The van der Waals surface area contributed by atoms with Crippen molar-refractivity contribution in [2.45, 2.75) is 39.7 Å². The minimum atomic E-state index is -0.978. The number of carboxylic acids is 1. The molecule has 0 saturated carbocycles. The molecule has 0 aromatic rings. The Kier molecular flexibility index (Phi) is 6.03. The van der Waals surface area contributed by atoms with Gasteiger partial charge >= 0.3 is 5.97 Å². The highest BCUT2D eigenvalue weighted by molar-refractivity contribution is 5.88. The molecule has 16 heavy (non-hydrogen) atoms. The van der Waals surface area contributed by atoms with E-state index < -0.39 is 11.5 Å². The molecule has 0 aliphatic rings. The molecular weight excluding hydrogens is 208 g/mol. The first-order chi connectivity index (χ1) is 7.35. The number of hydrogen-bond acceptors (Lipinski definition) is 3. The first-order valence-corrected chi connectivity index (χ1v) is 5.61. The van der Waals surface area contributed by atoms with Crippen LogP contribution in [0.4, 0.5) is 0 Å². The predicted octanol–water partition coefficient (Wildman–Crippen LogP) is 0.698. The molecule has 94 valence electrons. The van der Waals surface area contributed by atoms with Crippen molar-refractivity contribution in [1.82, 2.24) is 10.2 Å². The van der Waals surface area contributed by atoms with Gasteiger partial charge in [-0.2, -0.15) is 0 Å². The van der Waals surface area contributed by atoms with Crippen molar-refractivity contribution in [3.8, 4) is 0 Å². The molecule has 0 heterocycles. The number of carboxylic acid groups (broad SMARTS) is 1. The second kappa shape index (κ2) is 6.48. The molecule has 0 spiro atoms. The molecule has 0 saturated heterocycles. The van der Waals surface area contributed by atoms with E-state index in [0.717, 1.165) is 6.42 Å². The topological polar surface area (TPSA) is 69.6 Å². The van der Waals surface area contributed by atoms with Crippen LogP contribution in [-0.4, -0.2) is 47.1 Å². The number of amides is 1. The summed E-state index contributed by atoms with van der Waals surface area (Å²) in [4.78, 5) is 24.1. The molecule has 5 heteroatoms. The van der Waals surface area contributed by atoms with Crippen LogP contribution in [0.1, 0.15) is 34.1 Å². The van der Waals surface area contributed by atoms with Crippen LogP contribution in [-0.2, 0) is 9.59 Å². The maximum Gasteiger partial charge on any atom is 0.323 e. The second-order valence-electron chi connectivity index (χ2n) is 4.28. The molecule has 0 fully saturated rings. The fourth-order valence-electron chi connectivity index (χ4n) is 1.60. The Morgan fingerprint density at radius 3 is 2.25 bits per heavy atom. The molecule has 5 nitrogen and oxygen atoms in total. The molecule has 0 unspecified atom stereocenters. The van der Waals surface area contributed by atoms with E-state index in [4.69, 9.17) is 5.11 Å². The van der Waals surface area contributed by atoms with Crippen molar-refractivity contribution in [3.05, 3.63) is 0 Å². The number of carbonyl (C=O) groups excluding carboxylic acids is 1. The van der Waals surface area contributed by atoms with E-state index in [0.29, 0.717) is 13.1 Å². The molecule has 1 amide bonds. The van der Waals surface area contributed by atoms with E-state index in [-0.39, 0.29) is 12.5 Å². The maximum atomic E-state index is 12.1. The van der Waals surface area contributed by atoms with E-state index in [1.54, 1.807) is 13.8 Å². The van der Waals surface area contributed by atoms with E-state index in [1.165, 1.54) is 4.90 Å². The monoisotopic (exact) mass is 230 g/mol. The first kappa shape index (κ1) is 14.9. The Labute approximate surface area is 96.8 Å². The first-order valence-electron chi connectivity index (χ1n) is 5.61. The van der Waals surface area contributed by atoms with Gasteiger partial charge in [-0.05, 0) is 26.8 Å². The molecule has 2 N–H and O–H groups in total. The van der Waals surface area contributed by atoms with Gasteiger partial charge in [-0.25, -0.2) is 0 Å². The fraction of sp³-hybridized carbons (Fsp3) is 0.818. The molecule has 0 rings (SSSR count). The van der Waals surface area contributed by atoms with Crippen molar-refractivity contribution < 1.29 is 14.7 Å². The average molecular weight is 230 g/mol. The standard InChI is InChI=1S/C11H22N2O3/c1-5-7-13(8-9(14)15)10(16)11(3,4)12-6-2/h12H,5-8H2,1-4H3,(H,14,15). The van der Waals surface area contributed by atoms with Crippen LogP contribution in [0.3, 0.4) is 0 Å². The van der Waals surface area contributed by atoms with Gasteiger partial charge in [0, 0.05) is 6.54 Å². The third-order valence-electron chi connectivity index (χ3n) is 2.26. The zero-order valence-corrected chi connectivity index (χ0v) is 10.5. The van der Waals surface area contributed by atoms with Crippen LogP contribution in [0.15, 0.2) is 0 Å². The number of aliphatic carboxylic acids is 1. The van der Waals surface area contributed by atoms with Gasteiger partial charge in [0.25, 0.3) is 0 Å². The Morgan fingerprint density at radius 2 is 1.88 bits per heavy atom. The Bertz CT molecular complexity index is 252. The van der Waals surface area contributed by atoms with Gasteiger partial charge < -0.3 is 15.3 Å². The number of rotatable bonds is 7. The van der Waals surface area contributed by atoms with Crippen LogP contribution < -0.4 is 5.32 Å². The highest BCUT2D eigenvalue weighted by Gasteiger charge is 2.31. The molecule has 0 aliphatic heterocycles. The van der Waals surface area contributed by atoms with Gasteiger partial charge in [-0.1, -0.05) is 13.8 Å². The summed E-state index contributed by atoms with van der Waals surface area (Å²) in [6.07, 6.45) is 0.751. The van der Waals surface area contributed by atoms with Crippen LogP contribution >= 0.6 is 0 Å². The molecule has 0 aromatic heterocycles. The minimum Gasteiger partial charge on any atom is -0.480 e. The van der Waals surface area contributed by atoms with Crippen molar-refractivity contribution in [3.63, 3.8) is 0 Å². The van der Waals surface area contributed by atoms with E-state index in [9.17, 15) is 9.59 Å². The normalized spacial score (nSPS) is 11.2. The molecular formula is C11H22N2O3. The van der Waals surface area contributed by atoms with Gasteiger partial charge in [0.15, 0.2) is 0 Å². The number of carbonyl (C=O) groups is 2. The van der Waals surface area contributed by atoms with Crippen LogP contribution in [0.2, 0.25) is 0 Å². The van der Waals surface area contributed by atoms with Gasteiger partial charge in [0.05, 0.1) is 5.54 Å². The summed E-state index contributed by atoms with van der Waals surface area (Å²) in [6, 6.07) is 0. The third kappa shape index (κ3) is 4.61. The summed E-state index contributed by atoms with van der Waals surface area (Å²) in [7, 11) is 0. The fourth-order valence-corrected chi connectivity index (χ4v) is 1.60. The SMILES string of the molecule is CCCN(CC(=O)O)C(=O)C(C)(C)NCC. The quantitative estimate of drug-likeness (QED) is 0.675. The summed E-state index contributed by atoms with van der Waals surface area (Å²) in [5.74, 6) is -1.15. The van der Waals surface area contributed by atoms with Crippen molar-refractivity contribution in [2.24, 2.45) is 0 Å². The summed E-state index contributed by atoms with van der Waals surface area (Å²) in [5, 5.41) is 11.8. The Balaban J connectivity index is 4.64. The van der Waals surface area contributed by atoms with Crippen molar-refractivity contribution in [1.29, 1.82) is 0 Å². The lowest BCUT2D eigenvalue weighted by Crippen LogP contribution is -2.55. The van der Waals surface area contributed by atoms with E-state index in [2.05, 4.69) is 5.32 Å². The largest absolute Gasteiger partial charge is 0.480 e. The van der Waals surface area contributed by atoms with Gasteiger partial charge in [0.2, 0.25) is 5.91 Å². The van der Waals surface area contributed by atoms with Gasteiger partial charge in [0.1, 0.15) is 6.54 Å². The third-order valence-corrected chi connectivity index (χ3v) is 2.26. The smallest absolute Gasteiger partial charge is 0.323 e. The van der Waals surface area contributed by atoms with Crippen LogP contribution in [0.25, 0.3) is 0 Å². The van der Waals surface area contributed by atoms with Crippen LogP contribution in [0, 0.1) is 0 Å². The van der Waals surface area contributed by atoms with E-state index >= 15 is 0 Å². The number of hydrogen-bond donors (Lipinski definition) is 2. The van der Waals surface area contributed by atoms with Gasteiger partial charge in [-0.3, -0.25) is 9.59 Å². The number of likely N-dealkylation sites (N-methyl/N-ethyl adjacent to an activating group) is 1. The Morgan fingerprint density at radius 1 is 1.31 bits per heavy atom. The number of nitrogens with one attached hydrogen (secondary N) is 1. The predicted molar refractivity (Wildman–Crippen MR) is 62.3 cm³/mol. The lowest BCUT2D eigenvalue weighted by atomic mass is 10.0. The van der Waals surface area contributed by atoms with Gasteiger partial charge in [-0.15, -0.1) is 0 Å². The molecule has 0 bridgehead atoms. The maximum absolute atomic E-state index is 12.1. The molecule has 0 radical (unpaired) electrons. The highest BCUT2D eigenvalue weighted by atomic mass is 16.4. The van der Waals surface area contributed by atoms with Crippen LogP contribution in [0.5, 0.6) is 0 Å². The second-order valence-corrected chi connectivity index (χ2v) is 4.28. The summed E-state index contributed by atoms with van der Waals surface area (Å²) in [6.45, 7) is 8.28.